The van der Waals surface area contributed by atoms with E-state index in [9.17, 15) is 14.4 Å². The van der Waals surface area contributed by atoms with Crippen LogP contribution in [0.4, 0.5) is 4.79 Å². The number of hydrogen-bond acceptors (Lipinski definition) is 4. The van der Waals surface area contributed by atoms with Crippen LogP contribution < -0.4 is 11.1 Å². The van der Waals surface area contributed by atoms with Crippen molar-refractivity contribution in [1.82, 2.24) is 10.2 Å². The maximum Gasteiger partial charge on any atom is 0.411 e. The number of nitrogens with one attached hydrogen (secondary N) is 1. The zero-order chi connectivity index (χ0) is 22.4. The van der Waals surface area contributed by atoms with E-state index in [1.807, 2.05) is 68.4 Å². The van der Waals surface area contributed by atoms with Gasteiger partial charge in [-0.25, -0.2) is 4.79 Å². The summed E-state index contributed by atoms with van der Waals surface area (Å²) in [7, 11) is 0. The summed E-state index contributed by atoms with van der Waals surface area (Å²) in [5.41, 5.74) is 8.34. The van der Waals surface area contributed by atoms with Crippen LogP contribution >= 0.6 is 0 Å². The van der Waals surface area contributed by atoms with E-state index in [0.29, 0.717) is 12.8 Å². The Morgan fingerprint density at radius 2 is 1.74 bits per heavy atom. The molecule has 2 aromatic rings. The average molecular weight is 424 g/mol. The molecule has 2 aromatic carbocycles. The molecule has 164 valence electrons. The molecule has 0 saturated carbocycles. The number of fused-ring (bicyclic) bond motifs is 1. The van der Waals surface area contributed by atoms with Crippen molar-refractivity contribution in [1.29, 1.82) is 0 Å². The van der Waals surface area contributed by atoms with Crippen molar-refractivity contribution >= 4 is 17.9 Å². The number of carbonyl (C=O) groups is 3. The van der Waals surface area contributed by atoms with Crippen molar-refractivity contribution in [2.45, 2.75) is 51.9 Å². The molecule has 0 saturated heterocycles. The monoisotopic (exact) mass is 423 g/mol. The first-order chi connectivity index (χ1) is 14.9. The Bertz CT molecular complexity index is 931. The number of amides is 3. The summed E-state index contributed by atoms with van der Waals surface area (Å²) in [6.45, 7) is 4.16. The molecule has 7 nitrogen and oxygen atoms in total. The second-order valence-corrected chi connectivity index (χ2v) is 7.93. The first-order valence-electron chi connectivity index (χ1n) is 10.5. The van der Waals surface area contributed by atoms with Crippen LogP contribution in [0.1, 0.15) is 37.0 Å². The normalized spacial score (nSPS) is 17.2. The number of primary amides is 1. The van der Waals surface area contributed by atoms with Gasteiger partial charge in [0, 0.05) is 6.42 Å². The van der Waals surface area contributed by atoms with Gasteiger partial charge in [0.25, 0.3) is 0 Å². The summed E-state index contributed by atoms with van der Waals surface area (Å²) in [5.74, 6) is -1.11. The first-order valence-corrected chi connectivity index (χ1v) is 10.5. The minimum atomic E-state index is -0.795. The Morgan fingerprint density at radius 1 is 1.10 bits per heavy atom. The van der Waals surface area contributed by atoms with E-state index in [1.54, 1.807) is 0 Å². The van der Waals surface area contributed by atoms with Gasteiger partial charge < -0.3 is 15.8 Å². The minimum Gasteiger partial charge on any atom is -0.445 e. The lowest BCUT2D eigenvalue weighted by atomic mass is 9.92. The van der Waals surface area contributed by atoms with Crippen LogP contribution in [0, 0.1) is 5.92 Å². The van der Waals surface area contributed by atoms with E-state index in [2.05, 4.69) is 5.32 Å². The molecule has 0 radical (unpaired) electrons. The Hall–Kier alpha value is -3.35. The number of nitrogens with two attached hydrogens (primary N) is 1. The minimum absolute atomic E-state index is 0.114. The second kappa shape index (κ2) is 10.1. The van der Waals surface area contributed by atoms with Gasteiger partial charge in [-0.15, -0.1) is 0 Å². The zero-order valence-corrected chi connectivity index (χ0v) is 17.9. The van der Waals surface area contributed by atoms with Crippen molar-refractivity contribution in [3.63, 3.8) is 0 Å². The Kier molecular flexibility index (Phi) is 7.28. The van der Waals surface area contributed by atoms with Crippen LogP contribution in [0.15, 0.2) is 54.6 Å². The van der Waals surface area contributed by atoms with Gasteiger partial charge in [-0.2, -0.15) is 0 Å². The summed E-state index contributed by atoms with van der Waals surface area (Å²) in [4.78, 5) is 39.4. The Morgan fingerprint density at radius 3 is 2.39 bits per heavy atom. The number of benzene rings is 2. The van der Waals surface area contributed by atoms with Crippen LogP contribution in [-0.2, 0) is 33.9 Å². The largest absolute Gasteiger partial charge is 0.445 e. The van der Waals surface area contributed by atoms with Crippen molar-refractivity contribution in [3.8, 4) is 0 Å². The topological polar surface area (TPSA) is 102 Å². The number of rotatable bonds is 7. The highest BCUT2D eigenvalue weighted by Crippen LogP contribution is 2.25. The zero-order valence-electron chi connectivity index (χ0n) is 17.9. The van der Waals surface area contributed by atoms with Crippen LogP contribution in [0.2, 0.25) is 0 Å². The lowest BCUT2D eigenvalue weighted by Gasteiger charge is -2.36. The molecule has 0 fully saturated rings. The summed E-state index contributed by atoms with van der Waals surface area (Å²) in [6.07, 6.45) is 0.455. The molecule has 3 amide bonds. The third kappa shape index (κ3) is 5.42. The summed E-state index contributed by atoms with van der Waals surface area (Å²) < 4.78 is 5.50. The number of carbonyl (C=O) groups excluding carboxylic acids is 3. The van der Waals surface area contributed by atoms with Crippen molar-refractivity contribution in [2.24, 2.45) is 11.7 Å². The maximum absolute atomic E-state index is 13.2. The standard InChI is InChI=1S/C24H29N3O4/c1-3-16(2)21(22(25)28)26-23(29)20-13-18-11-7-8-12-19(18)14-27(20)24(30)31-15-17-9-5-4-6-10-17/h4-12,16,20-21H,3,13-15H2,1-2H3,(H2,25,28)(H,26,29)/t16-,20-,21-/m0/s1. The lowest BCUT2D eigenvalue weighted by molar-refractivity contribution is -0.132. The number of nitrogens with zero attached hydrogens (tertiary/aromatic N) is 1. The quantitative estimate of drug-likeness (QED) is 0.715. The van der Waals surface area contributed by atoms with Gasteiger partial charge in [-0.3, -0.25) is 14.5 Å². The molecule has 0 spiro atoms. The Labute approximate surface area is 182 Å². The lowest BCUT2D eigenvalue weighted by Crippen LogP contribution is -2.57. The molecule has 0 unspecified atom stereocenters. The van der Waals surface area contributed by atoms with Crippen LogP contribution in [0.3, 0.4) is 0 Å². The van der Waals surface area contributed by atoms with Crippen LogP contribution in [0.25, 0.3) is 0 Å². The molecule has 0 bridgehead atoms. The van der Waals surface area contributed by atoms with E-state index >= 15 is 0 Å². The molecule has 1 heterocycles. The molecule has 0 aliphatic carbocycles. The van der Waals surface area contributed by atoms with Crippen molar-refractivity contribution in [3.05, 3.63) is 71.3 Å². The van der Waals surface area contributed by atoms with E-state index in [4.69, 9.17) is 10.5 Å². The fourth-order valence-corrected chi connectivity index (χ4v) is 3.73. The summed E-state index contributed by atoms with van der Waals surface area (Å²) >= 11 is 0. The van der Waals surface area contributed by atoms with Gasteiger partial charge in [-0.05, 0) is 22.6 Å². The highest BCUT2D eigenvalue weighted by atomic mass is 16.6. The second-order valence-electron chi connectivity index (χ2n) is 7.93. The molecule has 1 aliphatic heterocycles. The molecule has 3 N–H and O–H groups in total. The average Bonchev–Trinajstić information content (AvgIpc) is 2.79. The summed E-state index contributed by atoms with van der Waals surface area (Å²) in [6, 6.07) is 15.5. The first kappa shape index (κ1) is 22.3. The van der Waals surface area contributed by atoms with E-state index < -0.39 is 30.0 Å². The fraction of sp³-hybridized carbons (Fsp3) is 0.375. The van der Waals surface area contributed by atoms with Crippen molar-refractivity contribution in [2.75, 3.05) is 0 Å². The SMILES string of the molecule is CC[C@H](C)[C@H](NC(=O)[C@@H]1Cc2ccccc2CN1C(=O)OCc1ccccc1)C(N)=O. The van der Waals surface area contributed by atoms with Gasteiger partial charge in [0.1, 0.15) is 18.7 Å². The number of hydrogen-bond donors (Lipinski definition) is 2. The Balaban J connectivity index is 1.79. The van der Waals surface area contributed by atoms with Gasteiger partial charge >= 0.3 is 6.09 Å². The third-order valence-corrected chi connectivity index (χ3v) is 5.81. The predicted molar refractivity (Wildman–Crippen MR) is 117 cm³/mol. The third-order valence-electron chi connectivity index (χ3n) is 5.81. The predicted octanol–water partition coefficient (Wildman–Crippen LogP) is 2.77. The highest BCUT2D eigenvalue weighted by Gasteiger charge is 2.37. The molecular formula is C24H29N3O4. The van der Waals surface area contributed by atoms with E-state index in [1.165, 1.54) is 4.90 Å². The van der Waals surface area contributed by atoms with Gasteiger partial charge in [0.2, 0.25) is 11.8 Å². The summed E-state index contributed by atoms with van der Waals surface area (Å²) in [5, 5.41) is 2.76. The molecule has 3 atom stereocenters. The van der Waals surface area contributed by atoms with E-state index in [-0.39, 0.29) is 19.1 Å². The molecule has 0 aromatic heterocycles. The van der Waals surface area contributed by atoms with Gasteiger partial charge in [-0.1, -0.05) is 74.9 Å². The molecule has 31 heavy (non-hydrogen) atoms. The molecule has 1 aliphatic rings. The van der Waals surface area contributed by atoms with E-state index in [0.717, 1.165) is 16.7 Å². The van der Waals surface area contributed by atoms with Crippen LogP contribution in [-0.4, -0.2) is 34.9 Å². The molecule has 7 heteroatoms. The van der Waals surface area contributed by atoms with Crippen molar-refractivity contribution < 1.29 is 19.1 Å². The molecule has 3 rings (SSSR count). The van der Waals surface area contributed by atoms with Crippen LogP contribution in [0.5, 0.6) is 0 Å². The fourth-order valence-electron chi connectivity index (χ4n) is 3.73. The smallest absolute Gasteiger partial charge is 0.411 e. The van der Waals surface area contributed by atoms with Gasteiger partial charge in [0.15, 0.2) is 0 Å². The maximum atomic E-state index is 13.2. The molecular weight excluding hydrogens is 394 g/mol. The van der Waals surface area contributed by atoms with Gasteiger partial charge in [0.05, 0.1) is 6.54 Å². The highest BCUT2D eigenvalue weighted by molar-refractivity contribution is 5.91. The number of ether oxygens (including phenoxy) is 1.